The van der Waals surface area contributed by atoms with Gasteiger partial charge in [0, 0.05) is 5.02 Å². The van der Waals surface area contributed by atoms with Gasteiger partial charge in [-0.3, -0.25) is 4.79 Å². The van der Waals surface area contributed by atoms with E-state index >= 15 is 0 Å². The Bertz CT molecular complexity index is 595. The average Bonchev–Trinajstić information content (AvgIpc) is 2.93. The molecule has 0 saturated heterocycles. The Morgan fingerprint density at radius 3 is 2.80 bits per heavy atom. The van der Waals surface area contributed by atoms with Crippen LogP contribution in [0.15, 0.2) is 40.8 Å². The molecule has 4 nitrogen and oxygen atoms in total. The summed E-state index contributed by atoms with van der Waals surface area (Å²) in [4.78, 5) is 12.1. The maximum atomic E-state index is 12.1. The Balaban J connectivity index is 2.11. The third-order valence-electron chi connectivity index (χ3n) is 3.05. The van der Waals surface area contributed by atoms with Crippen molar-refractivity contribution >= 4 is 17.5 Å². The third kappa shape index (κ3) is 3.40. The molecule has 0 bridgehead atoms. The highest BCUT2D eigenvalue weighted by Crippen LogP contribution is 2.21. The van der Waals surface area contributed by atoms with Crippen LogP contribution < -0.4 is 11.1 Å². The van der Waals surface area contributed by atoms with Gasteiger partial charge in [-0.2, -0.15) is 0 Å². The molecular weight excluding hydrogens is 276 g/mol. The van der Waals surface area contributed by atoms with Crippen LogP contribution in [0.5, 0.6) is 0 Å². The second-order valence-corrected chi connectivity index (χ2v) is 4.90. The van der Waals surface area contributed by atoms with Crippen molar-refractivity contribution in [3.05, 3.63) is 58.5 Å². The van der Waals surface area contributed by atoms with Crippen LogP contribution in [0.3, 0.4) is 0 Å². The van der Waals surface area contributed by atoms with Gasteiger partial charge in [-0.1, -0.05) is 30.7 Å². The van der Waals surface area contributed by atoms with E-state index in [-0.39, 0.29) is 24.3 Å². The molecule has 0 saturated carbocycles. The standard InChI is InChI=1S/C15H17ClN2O2/c1-2-13(10-4-3-5-11(16)8-10)18-15(19)14-7-6-12(9-17)20-14/h3-8,13H,2,9,17H2,1H3,(H,18,19). The minimum absolute atomic E-state index is 0.104. The summed E-state index contributed by atoms with van der Waals surface area (Å²) in [5.74, 6) is 0.605. The number of furan rings is 1. The van der Waals surface area contributed by atoms with E-state index in [9.17, 15) is 4.79 Å². The molecule has 1 heterocycles. The van der Waals surface area contributed by atoms with E-state index in [0.717, 1.165) is 12.0 Å². The summed E-state index contributed by atoms with van der Waals surface area (Å²) in [5, 5.41) is 3.58. The van der Waals surface area contributed by atoms with Crippen LogP contribution in [0.25, 0.3) is 0 Å². The summed E-state index contributed by atoms with van der Waals surface area (Å²) in [6.07, 6.45) is 0.760. The summed E-state index contributed by atoms with van der Waals surface area (Å²) >= 11 is 5.98. The number of rotatable bonds is 5. The van der Waals surface area contributed by atoms with Gasteiger partial charge in [-0.25, -0.2) is 0 Å². The fourth-order valence-electron chi connectivity index (χ4n) is 1.98. The first-order chi connectivity index (χ1) is 9.63. The number of benzene rings is 1. The van der Waals surface area contributed by atoms with Crippen LogP contribution in [0.1, 0.15) is 41.3 Å². The van der Waals surface area contributed by atoms with Crippen molar-refractivity contribution in [3.63, 3.8) is 0 Å². The predicted octanol–water partition coefficient (Wildman–Crippen LogP) is 3.27. The number of nitrogens with one attached hydrogen (secondary N) is 1. The van der Waals surface area contributed by atoms with Gasteiger partial charge in [-0.05, 0) is 36.2 Å². The van der Waals surface area contributed by atoms with Crippen LogP contribution >= 0.6 is 11.6 Å². The maximum Gasteiger partial charge on any atom is 0.287 e. The van der Waals surface area contributed by atoms with Crippen molar-refractivity contribution in [3.8, 4) is 0 Å². The van der Waals surface area contributed by atoms with Crippen LogP contribution in [0.4, 0.5) is 0 Å². The lowest BCUT2D eigenvalue weighted by atomic mass is 10.0. The molecule has 1 atom stereocenters. The molecule has 2 aromatic rings. The number of carbonyl (C=O) groups excluding carboxylic acids is 1. The van der Waals surface area contributed by atoms with Crippen LogP contribution in [0, 0.1) is 0 Å². The molecule has 0 aliphatic heterocycles. The summed E-state index contributed by atoms with van der Waals surface area (Å²) in [5.41, 5.74) is 6.43. The van der Waals surface area contributed by atoms with Crippen LogP contribution in [-0.4, -0.2) is 5.91 Å². The first kappa shape index (κ1) is 14.6. The smallest absolute Gasteiger partial charge is 0.287 e. The lowest BCUT2D eigenvalue weighted by Gasteiger charge is -2.16. The Kier molecular flexibility index (Phi) is 4.82. The zero-order chi connectivity index (χ0) is 14.5. The predicted molar refractivity (Wildman–Crippen MR) is 78.5 cm³/mol. The van der Waals surface area contributed by atoms with Crippen LogP contribution in [-0.2, 0) is 6.54 Å². The quantitative estimate of drug-likeness (QED) is 0.888. The number of nitrogens with two attached hydrogens (primary N) is 1. The molecule has 0 spiro atoms. The molecule has 1 amide bonds. The van der Waals surface area contributed by atoms with E-state index in [1.165, 1.54) is 0 Å². The van der Waals surface area contributed by atoms with Crippen molar-refractivity contribution in [2.24, 2.45) is 5.73 Å². The highest BCUT2D eigenvalue weighted by atomic mass is 35.5. The topological polar surface area (TPSA) is 68.3 Å². The summed E-state index contributed by atoms with van der Waals surface area (Å²) in [7, 11) is 0. The Labute approximate surface area is 122 Å². The van der Waals surface area contributed by atoms with Crippen molar-refractivity contribution in [1.82, 2.24) is 5.32 Å². The molecule has 2 rings (SSSR count). The zero-order valence-electron chi connectivity index (χ0n) is 11.2. The molecule has 0 fully saturated rings. The summed E-state index contributed by atoms with van der Waals surface area (Å²) < 4.78 is 5.34. The average molecular weight is 293 g/mol. The molecular formula is C15H17ClN2O2. The summed E-state index contributed by atoms with van der Waals surface area (Å²) in [6, 6.07) is 10.7. The first-order valence-electron chi connectivity index (χ1n) is 6.49. The second kappa shape index (κ2) is 6.59. The molecule has 0 aliphatic rings. The number of hydrogen-bond donors (Lipinski definition) is 2. The Hall–Kier alpha value is -1.78. The second-order valence-electron chi connectivity index (χ2n) is 4.46. The minimum atomic E-state index is -0.253. The largest absolute Gasteiger partial charge is 0.455 e. The molecule has 1 aromatic heterocycles. The van der Waals surface area contributed by atoms with Gasteiger partial charge in [0.1, 0.15) is 5.76 Å². The minimum Gasteiger partial charge on any atom is -0.455 e. The van der Waals surface area contributed by atoms with E-state index in [1.54, 1.807) is 18.2 Å². The van der Waals surface area contributed by atoms with E-state index < -0.39 is 0 Å². The van der Waals surface area contributed by atoms with Crippen molar-refractivity contribution in [2.45, 2.75) is 25.9 Å². The van der Waals surface area contributed by atoms with Gasteiger partial charge in [-0.15, -0.1) is 0 Å². The van der Waals surface area contributed by atoms with E-state index in [0.29, 0.717) is 10.8 Å². The Morgan fingerprint density at radius 1 is 1.40 bits per heavy atom. The fraction of sp³-hybridized carbons (Fsp3) is 0.267. The molecule has 0 radical (unpaired) electrons. The van der Waals surface area contributed by atoms with Gasteiger partial charge in [0.15, 0.2) is 5.76 Å². The molecule has 1 aromatic carbocycles. The highest BCUT2D eigenvalue weighted by Gasteiger charge is 2.16. The molecule has 20 heavy (non-hydrogen) atoms. The van der Waals surface area contributed by atoms with Gasteiger partial charge in [0.25, 0.3) is 5.91 Å². The maximum absolute atomic E-state index is 12.1. The Morgan fingerprint density at radius 2 is 2.20 bits per heavy atom. The summed E-state index contributed by atoms with van der Waals surface area (Å²) in [6.45, 7) is 2.28. The monoisotopic (exact) mass is 292 g/mol. The number of hydrogen-bond acceptors (Lipinski definition) is 3. The van der Waals surface area contributed by atoms with Gasteiger partial charge in [0.2, 0.25) is 0 Å². The molecule has 1 unspecified atom stereocenters. The lowest BCUT2D eigenvalue weighted by Crippen LogP contribution is -2.27. The first-order valence-corrected chi connectivity index (χ1v) is 6.87. The highest BCUT2D eigenvalue weighted by molar-refractivity contribution is 6.30. The van der Waals surface area contributed by atoms with Gasteiger partial charge >= 0.3 is 0 Å². The van der Waals surface area contributed by atoms with Crippen molar-refractivity contribution in [2.75, 3.05) is 0 Å². The van der Waals surface area contributed by atoms with E-state index in [1.807, 2.05) is 25.1 Å². The normalized spacial score (nSPS) is 12.2. The van der Waals surface area contributed by atoms with Gasteiger partial charge < -0.3 is 15.5 Å². The molecule has 0 aliphatic carbocycles. The number of carbonyl (C=O) groups is 1. The fourth-order valence-corrected chi connectivity index (χ4v) is 2.18. The van der Waals surface area contributed by atoms with E-state index in [2.05, 4.69) is 5.32 Å². The zero-order valence-corrected chi connectivity index (χ0v) is 12.0. The number of amides is 1. The molecule has 5 heteroatoms. The lowest BCUT2D eigenvalue weighted by molar-refractivity contribution is 0.0905. The van der Waals surface area contributed by atoms with Gasteiger partial charge in [0.05, 0.1) is 12.6 Å². The van der Waals surface area contributed by atoms with E-state index in [4.69, 9.17) is 21.8 Å². The molecule has 3 N–H and O–H groups in total. The third-order valence-corrected chi connectivity index (χ3v) is 3.29. The molecule has 106 valence electrons. The van der Waals surface area contributed by atoms with Crippen molar-refractivity contribution in [1.29, 1.82) is 0 Å². The van der Waals surface area contributed by atoms with Crippen LogP contribution in [0.2, 0.25) is 5.02 Å². The SMILES string of the molecule is CCC(NC(=O)c1ccc(CN)o1)c1cccc(Cl)c1. The van der Waals surface area contributed by atoms with Crippen molar-refractivity contribution < 1.29 is 9.21 Å². The number of halogens is 1.